The predicted molar refractivity (Wildman–Crippen MR) is 114 cm³/mol. The third kappa shape index (κ3) is 4.97. The molecule has 0 bridgehead atoms. The molecule has 0 spiro atoms. The Bertz CT molecular complexity index is 985. The minimum absolute atomic E-state index is 0.278. The Morgan fingerprint density at radius 3 is 2.69 bits per heavy atom. The van der Waals surface area contributed by atoms with Crippen LogP contribution in [0.5, 0.6) is 0 Å². The molecule has 2 aromatic rings. The van der Waals surface area contributed by atoms with E-state index in [1.165, 1.54) is 0 Å². The number of nitrogens with zero attached hydrogens (tertiary/aromatic N) is 2. The number of hydrogen-bond acceptors (Lipinski definition) is 5. The Hall–Kier alpha value is -2.81. The Morgan fingerprint density at radius 2 is 1.93 bits per heavy atom. The summed E-state index contributed by atoms with van der Waals surface area (Å²) < 4.78 is 26.8. The molecule has 1 aliphatic carbocycles. The van der Waals surface area contributed by atoms with Crippen molar-refractivity contribution in [3.05, 3.63) is 48.2 Å². The van der Waals surface area contributed by atoms with E-state index in [2.05, 4.69) is 25.2 Å². The lowest BCUT2D eigenvalue weighted by molar-refractivity contribution is 0.251. The van der Waals surface area contributed by atoms with Crippen LogP contribution < -0.4 is 20.3 Å². The summed E-state index contributed by atoms with van der Waals surface area (Å²) in [6.07, 6.45) is 5.41. The minimum atomic E-state index is -3.30. The van der Waals surface area contributed by atoms with Crippen LogP contribution in [0.2, 0.25) is 0 Å². The molecule has 1 saturated heterocycles. The van der Waals surface area contributed by atoms with Crippen LogP contribution in [-0.4, -0.2) is 37.8 Å². The summed E-state index contributed by atoms with van der Waals surface area (Å²) in [6.45, 7) is 2.16. The number of carbonyl (C=O) groups excluding carboxylic acids is 1. The zero-order valence-electron chi connectivity index (χ0n) is 16.1. The fraction of sp³-hybridized carbons (Fsp3) is 0.400. The van der Waals surface area contributed by atoms with E-state index in [-0.39, 0.29) is 17.8 Å². The molecule has 0 atom stereocenters. The lowest BCUT2D eigenvalue weighted by atomic mass is 10.2. The van der Waals surface area contributed by atoms with Crippen molar-refractivity contribution >= 4 is 33.2 Å². The van der Waals surface area contributed by atoms with E-state index in [0.717, 1.165) is 37.3 Å². The van der Waals surface area contributed by atoms with Gasteiger partial charge in [-0.05, 0) is 55.5 Å². The van der Waals surface area contributed by atoms with Gasteiger partial charge in [-0.25, -0.2) is 18.2 Å². The first-order valence-electron chi connectivity index (χ1n) is 9.87. The summed E-state index contributed by atoms with van der Waals surface area (Å²) in [5.41, 5.74) is 2.00. The zero-order valence-corrected chi connectivity index (χ0v) is 16.9. The number of hydrogen-bond donors (Lipinski definition) is 3. The van der Waals surface area contributed by atoms with Crippen molar-refractivity contribution in [3.8, 4) is 0 Å². The molecule has 1 aromatic heterocycles. The molecule has 8 nitrogen and oxygen atoms in total. The molecule has 1 aliphatic heterocycles. The summed E-state index contributed by atoms with van der Waals surface area (Å²) in [5, 5.41) is 5.41. The summed E-state index contributed by atoms with van der Waals surface area (Å²) in [4.78, 5) is 19.0. The lowest BCUT2D eigenvalue weighted by Gasteiger charge is -2.20. The van der Waals surface area contributed by atoms with E-state index in [1.54, 1.807) is 30.5 Å². The smallest absolute Gasteiger partial charge is 0.319 e. The summed E-state index contributed by atoms with van der Waals surface area (Å²) >= 11 is 0. The highest BCUT2D eigenvalue weighted by atomic mass is 32.2. The molecule has 2 amide bonds. The number of pyridine rings is 1. The number of aromatic nitrogens is 1. The first kappa shape index (κ1) is 19.5. The molecule has 9 heteroatoms. The Labute approximate surface area is 170 Å². The molecule has 29 heavy (non-hydrogen) atoms. The van der Waals surface area contributed by atoms with Crippen molar-refractivity contribution in [2.24, 2.45) is 0 Å². The molecule has 0 radical (unpaired) electrons. The van der Waals surface area contributed by atoms with Gasteiger partial charge in [-0.15, -0.1) is 0 Å². The normalized spacial score (nSPS) is 16.5. The Balaban J connectivity index is 1.35. The van der Waals surface area contributed by atoms with Crippen molar-refractivity contribution in [1.29, 1.82) is 0 Å². The summed E-state index contributed by atoms with van der Waals surface area (Å²) in [6, 6.07) is 10.4. The van der Waals surface area contributed by atoms with Crippen molar-refractivity contribution in [1.82, 2.24) is 10.3 Å². The maximum atomic E-state index is 12.4. The topological polar surface area (TPSA) is 103 Å². The number of benzene rings is 1. The third-order valence-corrected chi connectivity index (χ3v) is 6.91. The zero-order chi connectivity index (χ0) is 20.3. The number of rotatable bonds is 7. The molecular formula is C20H25N5O3S. The van der Waals surface area contributed by atoms with E-state index in [0.29, 0.717) is 24.2 Å². The van der Waals surface area contributed by atoms with Crippen LogP contribution in [0.15, 0.2) is 42.6 Å². The summed E-state index contributed by atoms with van der Waals surface area (Å²) in [7, 11) is -3.30. The highest BCUT2D eigenvalue weighted by Gasteiger charge is 2.35. The molecule has 1 saturated carbocycles. The number of sulfonamides is 1. The Morgan fingerprint density at radius 1 is 1.14 bits per heavy atom. The highest BCUT2D eigenvalue weighted by molar-refractivity contribution is 7.93. The number of nitrogens with one attached hydrogen (secondary N) is 3. The number of carbonyl (C=O) groups is 1. The number of anilines is 3. The van der Waals surface area contributed by atoms with E-state index in [9.17, 15) is 13.2 Å². The number of urea groups is 1. The van der Waals surface area contributed by atoms with Gasteiger partial charge in [0.25, 0.3) is 0 Å². The maximum Gasteiger partial charge on any atom is 0.319 e. The van der Waals surface area contributed by atoms with Crippen LogP contribution >= 0.6 is 0 Å². The van der Waals surface area contributed by atoms with Crippen LogP contribution in [0.4, 0.5) is 22.0 Å². The second-order valence-corrected chi connectivity index (χ2v) is 9.38. The van der Waals surface area contributed by atoms with Crippen LogP contribution in [0.25, 0.3) is 0 Å². The van der Waals surface area contributed by atoms with E-state index in [1.807, 2.05) is 12.1 Å². The molecule has 0 unspecified atom stereocenters. The van der Waals surface area contributed by atoms with Crippen molar-refractivity contribution in [2.75, 3.05) is 28.0 Å². The van der Waals surface area contributed by atoms with Crippen LogP contribution in [0.1, 0.15) is 31.2 Å². The van der Waals surface area contributed by atoms with Crippen LogP contribution in [0, 0.1) is 0 Å². The van der Waals surface area contributed by atoms with Gasteiger partial charge in [-0.1, -0.05) is 12.1 Å². The standard InChI is InChI=1S/C20H25N5O3S/c26-20(23-18-7-4-10-21-19(18)25-11-1-2-12-25)22-14-15-5-3-6-16(13-15)24-29(27,28)17-8-9-17/h3-7,10,13,17,24H,1-2,8-9,11-12,14H2,(H2,22,23,26). The van der Waals surface area contributed by atoms with Gasteiger partial charge in [0.1, 0.15) is 0 Å². The molecule has 2 aliphatic rings. The average molecular weight is 416 g/mol. The largest absolute Gasteiger partial charge is 0.355 e. The lowest BCUT2D eigenvalue weighted by Crippen LogP contribution is -2.30. The van der Waals surface area contributed by atoms with Gasteiger partial charge in [0, 0.05) is 31.5 Å². The van der Waals surface area contributed by atoms with Gasteiger partial charge in [-0.2, -0.15) is 0 Å². The number of amides is 2. The van der Waals surface area contributed by atoms with Gasteiger partial charge in [0.2, 0.25) is 10.0 Å². The minimum Gasteiger partial charge on any atom is -0.355 e. The molecule has 4 rings (SSSR count). The van der Waals surface area contributed by atoms with Gasteiger partial charge in [-0.3, -0.25) is 4.72 Å². The molecular weight excluding hydrogens is 390 g/mol. The first-order chi connectivity index (χ1) is 14.0. The molecule has 2 heterocycles. The van der Waals surface area contributed by atoms with Crippen molar-refractivity contribution in [3.63, 3.8) is 0 Å². The fourth-order valence-electron chi connectivity index (χ4n) is 3.40. The fourth-order valence-corrected chi connectivity index (χ4v) is 4.77. The molecule has 1 aromatic carbocycles. The first-order valence-corrected chi connectivity index (χ1v) is 11.4. The molecule has 154 valence electrons. The van der Waals surface area contributed by atoms with Gasteiger partial charge in [0.15, 0.2) is 5.82 Å². The Kier molecular flexibility index (Phi) is 5.57. The summed E-state index contributed by atoms with van der Waals surface area (Å²) in [5.74, 6) is 0.789. The monoisotopic (exact) mass is 415 g/mol. The second kappa shape index (κ2) is 8.28. The average Bonchev–Trinajstić information content (AvgIpc) is 3.44. The molecule has 3 N–H and O–H groups in total. The van der Waals surface area contributed by atoms with Crippen LogP contribution in [-0.2, 0) is 16.6 Å². The van der Waals surface area contributed by atoms with Gasteiger partial charge >= 0.3 is 6.03 Å². The van der Waals surface area contributed by atoms with Crippen molar-refractivity contribution in [2.45, 2.75) is 37.5 Å². The van der Waals surface area contributed by atoms with E-state index >= 15 is 0 Å². The van der Waals surface area contributed by atoms with Gasteiger partial charge < -0.3 is 15.5 Å². The molecule has 2 fully saturated rings. The van der Waals surface area contributed by atoms with Crippen molar-refractivity contribution < 1.29 is 13.2 Å². The van der Waals surface area contributed by atoms with E-state index < -0.39 is 10.0 Å². The third-order valence-electron chi connectivity index (χ3n) is 5.04. The maximum absolute atomic E-state index is 12.4. The van der Waals surface area contributed by atoms with Gasteiger partial charge in [0.05, 0.1) is 10.9 Å². The SMILES string of the molecule is O=C(NCc1cccc(NS(=O)(=O)C2CC2)c1)Nc1cccnc1N1CCCC1. The quantitative estimate of drug-likeness (QED) is 0.645. The van der Waals surface area contributed by atoms with Crippen LogP contribution in [0.3, 0.4) is 0 Å². The van der Waals surface area contributed by atoms with E-state index in [4.69, 9.17) is 0 Å². The predicted octanol–water partition coefficient (Wildman–Crippen LogP) is 2.91. The second-order valence-electron chi connectivity index (χ2n) is 7.42. The highest BCUT2D eigenvalue weighted by Crippen LogP contribution is 2.30.